The van der Waals surface area contributed by atoms with Crippen LogP contribution in [0.15, 0.2) is 47.1 Å². The molecule has 0 radical (unpaired) electrons. The third kappa shape index (κ3) is 6.99. The number of hydrogen-bond acceptors (Lipinski definition) is 5. The van der Waals surface area contributed by atoms with Gasteiger partial charge < -0.3 is 20.1 Å². The van der Waals surface area contributed by atoms with Crippen LogP contribution in [0.4, 0.5) is 8.78 Å². The number of hydrogen-bond donors (Lipinski definition) is 2. The van der Waals surface area contributed by atoms with Crippen LogP contribution in [0.3, 0.4) is 0 Å². The zero-order valence-electron chi connectivity index (χ0n) is 18.7. The normalized spacial score (nSPS) is 22.5. The summed E-state index contributed by atoms with van der Waals surface area (Å²) in [6.07, 6.45) is 1.71. The summed E-state index contributed by atoms with van der Waals surface area (Å²) in [4.78, 5) is 20.8. The molecule has 0 aromatic carbocycles. The number of ether oxygens (including phenoxy) is 1. The van der Waals surface area contributed by atoms with Crippen molar-refractivity contribution in [3.63, 3.8) is 0 Å². The van der Waals surface area contributed by atoms with Crippen LogP contribution >= 0.6 is 0 Å². The number of carbonyl (C=O) groups excluding carboxylic acids is 1. The van der Waals surface area contributed by atoms with E-state index >= 15 is 0 Å². The summed E-state index contributed by atoms with van der Waals surface area (Å²) in [5.74, 6) is -4.29. The van der Waals surface area contributed by atoms with Crippen LogP contribution in [0.5, 0.6) is 0 Å². The van der Waals surface area contributed by atoms with Crippen LogP contribution < -0.4 is 5.32 Å². The van der Waals surface area contributed by atoms with Gasteiger partial charge >= 0.3 is 5.92 Å². The maximum atomic E-state index is 14.8. The quantitative estimate of drug-likeness (QED) is 0.184. The van der Waals surface area contributed by atoms with Crippen LogP contribution in [0.25, 0.3) is 0 Å². The van der Waals surface area contributed by atoms with E-state index in [4.69, 9.17) is 4.74 Å². The van der Waals surface area contributed by atoms with Gasteiger partial charge in [-0.3, -0.25) is 4.79 Å². The number of guanidine groups is 1. The fraction of sp³-hybridized carbons (Fsp3) is 0.545. The van der Waals surface area contributed by atoms with Crippen molar-refractivity contribution in [3.05, 3.63) is 37.1 Å². The molecular weight excluding hydrogens is 420 g/mol. The second kappa shape index (κ2) is 11.5. The summed E-state index contributed by atoms with van der Waals surface area (Å²) in [5.41, 5.74) is -1.70. The van der Waals surface area contributed by atoms with E-state index in [9.17, 15) is 23.9 Å². The molecule has 1 amide bonds. The first-order valence-corrected chi connectivity index (χ1v) is 10.1. The average Bonchev–Trinajstić information content (AvgIpc) is 2.73. The van der Waals surface area contributed by atoms with Crippen LogP contribution in [0, 0.1) is 11.3 Å². The first-order valence-electron chi connectivity index (χ1n) is 10.1. The molecule has 1 saturated heterocycles. The highest BCUT2D eigenvalue weighted by Gasteiger charge is 2.49. The molecule has 8 nitrogen and oxygen atoms in total. The van der Waals surface area contributed by atoms with Gasteiger partial charge in [-0.05, 0) is 40.0 Å². The predicted octanol–water partition coefficient (Wildman–Crippen LogP) is 2.58. The van der Waals surface area contributed by atoms with Crippen molar-refractivity contribution in [2.24, 2.45) is 9.98 Å². The first kappa shape index (κ1) is 27.0. The molecule has 0 spiro atoms. The van der Waals surface area contributed by atoms with Crippen LogP contribution in [-0.2, 0) is 9.53 Å². The van der Waals surface area contributed by atoms with Crippen molar-refractivity contribution < 1.29 is 23.4 Å². The largest absolute Gasteiger partial charge is 0.485 e. The summed E-state index contributed by atoms with van der Waals surface area (Å²) in [5, 5.41) is 22.2. The topological polar surface area (TPSA) is 110 Å². The van der Waals surface area contributed by atoms with Crippen molar-refractivity contribution in [2.45, 2.75) is 63.3 Å². The lowest BCUT2D eigenvalue weighted by Crippen LogP contribution is -2.56. The third-order valence-electron chi connectivity index (χ3n) is 4.81. The monoisotopic (exact) mass is 451 g/mol. The van der Waals surface area contributed by atoms with Gasteiger partial charge in [0.2, 0.25) is 11.5 Å². The van der Waals surface area contributed by atoms with E-state index < -0.39 is 36.1 Å². The average molecular weight is 452 g/mol. The molecule has 1 aliphatic heterocycles. The zero-order valence-corrected chi connectivity index (χ0v) is 18.7. The van der Waals surface area contributed by atoms with Gasteiger partial charge in [0.25, 0.3) is 5.91 Å². The second-order valence-electron chi connectivity index (χ2n) is 7.71. The number of alkyl halides is 2. The highest BCUT2D eigenvalue weighted by molar-refractivity contribution is 5.85. The molecule has 0 bridgehead atoms. The molecule has 2 N–H and O–H groups in total. The molecule has 176 valence electrons. The van der Waals surface area contributed by atoms with E-state index in [-0.39, 0.29) is 30.7 Å². The maximum absolute atomic E-state index is 14.8. The number of rotatable bonds is 9. The Kier molecular flexibility index (Phi) is 9.72. The predicted molar refractivity (Wildman–Crippen MR) is 119 cm³/mol. The highest BCUT2D eigenvalue weighted by Crippen LogP contribution is 2.34. The van der Waals surface area contributed by atoms with Gasteiger partial charge in [-0.1, -0.05) is 18.7 Å². The Morgan fingerprint density at radius 1 is 1.50 bits per heavy atom. The lowest BCUT2D eigenvalue weighted by atomic mass is 9.99. The number of amides is 1. The molecule has 1 aliphatic rings. The van der Waals surface area contributed by atoms with Gasteiger partial charge in [0, 0.05) is 19.0 Å². The maximum Gasteiger partial charge on any atom is 0.301 e. The summed E-state index contributed by atoms with van der Waals surface area (Å²) in [6.45, 7) is 14.2. The smallest absolute Gasteiger partial charge is 0.301 e. The van der Waals surface area contributed by atoms with Crippen LogP contribution in [0.2, 0.25) is 0 Å². The number of carbonyl (C=O) groups is 1. The standard InChI is InChI=1S/C22H31F2N5O3/c1-7-9-15(3)27-20(26-6)28-21(5,13-25)17(10-8-2)32-18-11-12-29(14-22(18,23)24)19(31)16(4)30/h7-8,10,15-16,18,30H,1-2,6,9,11-12,14H2,3-5H3,(H,27,28)/b17-10+/t15?,16-,18?,21?/m0/s1. The van der Waals surface area contributed by atoms with Crippen molar-refractivity contribution in [1.29, 1.82) is 5.26 Å². The molecule has 0 aromatic heterocycles. The van der Waals surface area contributed by atoms with Gasteiger partial charge in [-0.2, -0.15) is 5.26 Å². The van der Waals surface area contributed by atoms with E-state index in [1.54, 1.807) is 6.08 Å². The first-order chi connectivity index (χ1) is 14.9. The Hall–Kier alpha value is -3.06. The number of likely N-dealkylation sites (tertiary alicyclic amines) is 1. The lowest BCUT2D eigenvalue weighted by Gasteiger charge is -2.39. The number of aliphatic hydroxyl groups is 1. The minimum absolute atomic E-state index is 0.0298. The molecule has 1 rings (SSSR count). The molecule has 0 aromatic rings. The Morgan fingerprint density at radius 2 is 2.16 bits per heavy atom. The summed E-state index contributed by atoms with van der Waals surface area (Å²) >= 11 is 0. The van der Waals surface area contributed by atoms with Gasteiger partial charge in [-0.15, -0.1) is 6.58 Å². The number of nitriles is 1. The van der Waals surface area contributed by atoms with Crippen molar-refractivity contribution in [1.82, 2.24) is 10.2 Å². The van der Waals surface area contributed by atoms with Gasteiger partial charge in [0.05, 0.1) is 6.54 Å². The Balaban J connectivity index is 3.17. The number of halogens is 2. The second-order valence-corrected chi connectivity index (χ2v) is 7.71. The fourth-order valence-electron chi connectivity index (χ4n) is 3.08. The van der Waals surface area contributed by atoms with Gasteiger partial charge in [0.1, 0.15) is 17.9 Å². The van der Waals surface area contributed by atoms with E-state index in [0.29, 0.717) is 6.42 Å². The molecule has 1 heterocycles. The van der Waals surface area contributed by atoms with Gasteiger partial charge in [-0.25, -0.2) is 18.8 Å². The highest BCUT2D eigenvalue weighted by atomic mass is 19.3. The van der Waals surface area contributed by atoms with Crippen molar-refractivity contribution >= 4 is 18.6 Å². The zero-order chi connectivity index (χ0) is 24.5. The lowest BCUT2D eigenvalue weighted by molar-refractivity contribution is -0.175. The number of allylic oxidation sites excluding steroid dienone is 2. The molecular formula is C22H31F2N5O3. The molecule has 1 fully saturated rings. The molecule has 0 saturated carbocycles. The van der Waals surface area contributed by atoms with Crippen molar-refractivity contribution in [3.8, 4) is 6.07 Å². The van der Waals surface area contributed by atoms with Gasteiger partial charge in [0.15, 0.2) is 6.10 Å². The molecule has 0 aliphatic carbocycles. The Labute approximate surface area is 187 Å². The summed E-state index contributed by atoms with van der Waals surface area (Å²) in [7, 11) is 0. The fourth-order valence-corrected chi connectivity index (χ4v) is 3.08. The van der Waals surface area contributed by atoms with Crippen LogP contribution in [0.1, 0.15) is 33.6 Å². The third-order valence-corrected chi connectivity index (χ3v) is 4.81. The molecule has 3 unspecified atom stereocenters. The Morgan fingerprint density at radius 3 is 2.62 bits per heavy atom. The number of nitrogens with one attached hydrogen (secondary N) is 1. The van der Waals surface area contributed by atoms with E-state index in [1.165, 1.54) is 26.0 Å². The SMILES string of the molecule is C=C/C=C(/OC1CCN(C(=O)[C@H](C)O)CC1(F)F)C(C)(C#N)N=C(N=C)NC(C)CC=C. The van der Waals surface area contributed by atoms with Crippen LogP contribution in [-0.4, -0.2) is 71.4 Å². The van der Waals surface area contributed by atoms with E-state index in [0.717, 1.165) is 4.90 Å². The summed E-state index contributed by atoms with van der Waals surface area (Å²) in [6, 6.07) is 1.87. The number of nitrogens with zero attached hydrogens (tertiary/aromatic N) is 4. The molecule has 10 heteroatoms. The number of aliphatic imine (C=N–C) groups is 2. The molecule has 32 heavy (non-hydrogen) atoms. The van der Waals surface area contributed by atoms with E-state index in [1.807, 2.05) is 13.0 Å². The minimum atomic E-state index is -3.42. The van der Waals surface area contributed by atoms with E-state index in [2.05, 4.69) is 35.2 Å². The van der Waals surface area contributed by atoms with Crippen molar-refractivity contribution in [2.75, 3.05) is 13.1 Å². The molecule has 4 atom stereocenters. The number of piperidine rings is 1. The Bertz CT molecular complexity index is 819. The summed E-state index contributed by atoms with van der Waals surface area (Å²) < 4.78 is 35.2. The minimum Gasteiger partial charge on any atom is -0.485 e. The number of aliphatic hydroxyl groups excluding tert-OH is 1.